The second kappa shape index (κ2) is 9.70. The molecule has 1 aliphatic heterocycles. The zero-order valence-corrected chi connectivity index (χ0v) is 13.2. The first-order chi connectivity index (χ1) is 9.19. The second-order valence-corrected chi connectivity index (χ2v) is 5.80. The third-order valence-corrected chi connectivity index (χ3v) is 3.94. The van der Waals surface area contributed by atoms with Gasteiger partial charge in [-0.2, -0.15) is 0 Å². The van der Waals surface area contributed by atoms with Crippen molar-refractivity contribution >= 4 is 0 Å². The molecule has 1 heterocycles. The van der Waals surface area contributed by atoms with Gasteiger partial charge in [-0.05, 0) is 12.3 Å². The molecule has 1 fully saturated rings. The lowest BCUT2D eigenvalue weighted by atomic mass is 9.98. The number of nitrogens with one attached hydrogen (secondary N) is 1. The molecule has 114 valence electrons. The van der Waals surface area contributed by atoms with Gasteiger partial charge in [0.25, 0.3) is 0 Å². The highest BCUT2D eigenvalue weighted by atomic mass is 16.5. The van der Waals surface area contributed by atoms with Crippen molar-refractivity contribution < 1.29 is 9.47 Å². The van der Waals surface area contributed by atoms with Crippen LogP contribution in [0, 0.1) is 5.92 Å². The maximum Gasteiger partial charge on any atom is 0.0700 e. The van der Waals surface area contributed by atoms with E-state index >= 15 is 0 Å². The van der Waals surface area contributed by atoms with E-state index in [0.29, 0.717) is 31.2 Å². The molecule has 2 atom stereocenters. The Morgan fingerprint density at radius 3 is 2.68 bits per heavy atom. The molecule has 2 unspecified atom stereocenters. The van der Waals surface area contributed by atoms with Gasteiger partial charge in [-0.25, -0.2) is 0 Å². The summed E-state index contributed by atoms with van der Waals surface area (Å²) in [7, 11) is 1.71. The van der Waals surface area contributed by atoms with Crippen LogP contribution in [-0.2, 0) is 9.47 Å². The first-order valence-corrected chi connectivity index (χ1v) is 7.73. The van der Waals surface area contributed by atoms with Crippen molar-refractivity contribution in [3.8, 4) is 0 Å². The van der Waals surface area contributed by atoms with E-state index in [0.717, 1.165) is 26.2 Å². The number of piperazine rings is 1. The average molecular weight is 272 g/mol. The molecule has 0 aromatic carbocycles. The van der Waals surface area contributed by atoms with Crippen LogP contribution in [0.2, 0.25) is 0 Å². The van der Waals surface area contributed by atoms with Gasteiger partial charge in [-0.15, -0.1) is 0 Å². The minimum atomic E-state index is 0.618. The van der Waals surface area contributed by atoms with Gasteiger partial charge in [0.1, 0.15) is 0 Å². The van der Waals surface area contributed by atoms with E-state index < -0.39 is 0 Å². The molecule has 0 bridgehead atoms. The van der Waals surface area contributed by atoms with Gasteiger partial charge >= 0.3 is 0 Å². The molecule has 1 N–H and O–H groups in total. The smallest absolute Gasteiger partial charge is 0.0700 e. The fourth-order valence-electron chi connectivity index (χ4n) is 2.65. The molecule has 0 amide bonds. The largest absolute Gasteiger partial charge is 0.382 e. The average Bonchev–Trinajstić information content (AvgIpc) is 2.40. The Labute approximate surface area is 118 Å². The van der Waals surface area contributed by atoms with Crippen molar-refractivity contribution in [2.75, 3.05) is 46.6 Å². The van der Waals surface area contributed by atoms with Crippen LogP contribution in [0.15, 0.2) is 0 Å². The monoisotopic (exact) mass is 272 g/mol. The molecule has 0 aliphatic carbocycles. The maximum absolute atomic E-state index is 5.61. The molecule has 0 saturated carbocycles. The van der Waals surface area contributed by atoms with Crippen LogP contribution >= 0.6 is 0 Å². The Kier molecular flexibility index (Phi) is 8.62. The highest BCUT2D eigenvalue weighted by molar-refractivity contribution is 4.87. The van der Waals surface area contributed by atoms with Gasteiger partial charge in [0, 0.05) is 38.8 Å². The fourth-order valence-corrected chi connectivity index (χ4v) is 2.65. The van der Waals surface area contributed by atoms with Gasteiger partial charge in [0.2, 0.25) is 0 Å². The molecule has 0 aromatic rings. The quantitative estimate of drug-likeness (QED) is 0.648. The molecule has 0 spiro atoms. The molecule has 4 heteroatoms. The minimum absolute atomic E-state index is 0.618. The van der Waals surface area contributed by atoms with Gasteiger partial charge in [0.15, 0.2) is 0 Å². The van der Waals surface area contributed by atoms with Crippen molar-refractivity contribution in [1.82, 2.24) is 10.2 Å². The third kappa shape index (κ3) is 6.21. The highest BCUT2D eigenvalue weighted by Gasteiger charge is 2.28. The van der Waals surface area contributed by atoms with Crippen LogP contribution in [0.1, 0.15) is 33.6 Å². The lowest BCUT2D eigenvalue weighted by Crippen LogP contribution is -2.58. The van der Waals surface area contributed by atoms with E-state index in [-0.39, 0.29) is 0 Å². The predicted molar refractivity (Wildman–Crippen MR) is 79.6 cm³/mol. The van der Waals surface area contributed by atoms with Crippen LogP contribution in [0.4, 0.5) is 0 Å². The zero-order valence-electron chi connectivity index (χ0n) is 13.2. The second-order valence-electron chi connectivity index (χ2n) is 5.80. The summed E-state index contributed by atoms with van der Waals surface area (Å²) in [6.07, 6.45) is 2.52. The Morgan fingerprint density at radius 1 is 1.26 bits per heavy atom. The number of methoxy groups -OCH3 is 1. The van der Waals surface area contributed by atoms with Crippen LogP contribution in [-0.4, -0.2) is 63.5 Å². The number of nitrogens with zero attached hydrogens (tertiary/aromatic N) is 1. The molecule has 19 heavy (non-hydrogen) atoms. The number of rotatable bonds is 9. The lowest BCUT2D eigenvalue weighted by Gasteiger charge is -2.42. The Hall–Kier alpha value is -0.160. The molecule has 0 radical (unpaired) electrons. The Morgan fingerprint density at radius 2 is 2.05 bits per heavy atom. The van der Waals surface area contributed by atoms with Gasteiger partial charge in [-0.1, -0.05) is 27.2 Å². The summed E-state index contributed by atoms with van der Waals surface area (Å²) in [5.41, 5.74) is 0. The van der Waals surface area contributed by atoms with Crippen molar-refractivity contribution in [1.29, 1.82) is 0 Å². The van der Waals surface area contributed by atoms with Crippen LogP contribution in [0.25, 0.3) is 0 Å². The zero-order chi connectivity index (χ0) is 14.1. The minimum Gasteiger partial charge on any atom is -0.382 e. The Bertz CT molecular complexity index is 224. The van der Waals surface area contributed by atoms with E-state index in [1.165, 1.54) is 12.8 Å². The number of ether oxygens (including phenoxy) is 2. The van der Waals surface area contributed by atoms with E-state index in [2.05, 4.69) is 31.0 Å². The number of hydrogen-bond acceptors (Lipinski definition) is 4. The van der Waals surface area contributed by atoms with Crippen LogP contribution in [0.5, 0.6) is 0 Å². The summed E-state index contributed by atoms with van der Waals surface area (Å²) in [6.45, 7) is 12.4. The lowest BCUT2D eigenvalue weighted by molar-refractivity contribution is 0.0343. The first-order valence-electron chi connectivity index (χ1n) is 7.73. The normalized spacial score (nSPS) is 25.1. The Balaban J connectivity index is 2.34. The summed E-state index contributed by atoms with van der Waals surface area (Å²) >= 11 is 0. The van der Waals surface area contributed by atoms with E-state index in [1.54, 1.807) is 7.11 Å². The van der Waals surface area contributed by atoms with E-state index in [9.17, 15) is 0 Å². The van der Waals surface area contributed by atoms with Crippen molar-refractivity contribution in [2.45, 2.75) is 45.7 Å². The fraction of sp³-hybridized carbons (Fsp3) is 1.00. The topological polar surface area (TPSA) is 33.7 Å². The van der Waals surface area contributed by atoms with E-state index in [4.69, 9.17) is 9.47 Å². The van der Waals surface area contributed by atoms with Crippen molar-refractivity contribution in [2.24, 2.45) is 5.92 Å². The molecular formula is C15H32N2O2. The van der Waals surface area contributed by atoms with Crippen molar-refractivity contribution in [3.63, 3.8) is 0 Å². The van der Waals surface area contributed by atoms with Crippen LogP contribution < -0.4 is 5.32 Å². The summed E-state index contributed by atoms with van der Waals surface area (Å²) in [5, 5.41) is 3.69. The third-order valence-electron chi connectivity index (χ3n) is 3.94. The van der Waals surface area contributed by atoms with Gasteiger partial charge in [0.05, 0.1) is 19.8 Å². The first kappa shape index (κ1) is 16.9. The molecule has 0 aromatic heterocycles. The summed E-state index contributed by atoms with van der Waals surface area (Å²) in [5.74, 6) is 0.694. The molecule has 1 aliphatic rings. The summed E-state index contributed by atoms with van der Waals surface area (Å²) in [6, 6.07) is 1.29. The molecule has 1 rings (SSSR count). The maximum atomic E-state index is 5.61. The van der Waals surface area contributed by atoms with Gasteiger partial charge < -0.3 is 14.8 Å². The van der Waals surface area contributed by atoms with Crippen LogP contribution in [0.3, 0.4) is 0 Å². The standard InChI is InChI=1S/C15H32N2O2/c1-5-6-14-11-16-15(13(2)3)12-17(14)7-8-19-10-9-18-4/h13-16H,5-12H2,1-4H3. The summed E-state index contributed by atoms with van der Waals surface area (Å²) in [4.78, 5) is 2.61. The molecular weight excluding hydrogens is 240 g/mol. The predicted octanol–water partition coefficient (Wildman–Crippen LogP) is 1.75. The SMILES string of the molecule is CCCC1CNC(C(C)C)CN1CCOCCOC. The molecule has 1 saturated heterocycles. The highest BCUT2D eigenvalue weighted by Crippen LogP contribution is 2.15. The molecule has 4 nitrogen and oxygen atoms in total. The van der Waals surface area contributed by atoms with Gasteiger partial charge in [-0.3, -0.25) is 4.90 Å². The number of hydrogen-bond donors (Lipinski definition) is 1. The summed E-state index contributed by atoms with van der Waals surface area (Å²) < 4.78 is 10.6. The van der Waals surface area contributed by atoms with Crippen molar-refractivity contribution in [3.05, 3.63) is 0 Å². The van der Waals surface area contributed by atoms with E-state index in [1.807, 2.05) is 0 Å².